The zero-order valence-electron chi connectivity index (χ0n) is 13.1. The molecule has 1 amide bonds. The Hall–Kier alpha value is -1.99. The van der Waals surface area contributed by atoms with E-state index >= 15 is 0 Å². The standard InChI is InChI=1S/C16H18FNO4S/c1-9(2)18-13(19)8-22-16(20)15-10(7-21-3)14-11(17)5-4-6-12(14)23-15/h4-6,9H,7-8H2,1-3H3,(H,18,19). The van der Waals surface area contributed by atoms with E-state index in [0.717, 1.165) is 11.3 Å². The third kappa shape index (κ3) is 4.05. The molecule has 124 valence electrons. The normalized spacial score (nSPS) is 11.0. The number of methoxy groups -OCH3 is 1. The average molecular weight is 339 g/mol. The lowest BCUT2D eigenvalue weighted by Gasteiger charge is -2.09. The molecule has 7 heteroatoms. The van der Waals surface area contributed by atoms with E-state index in [9.17, 15) is 14.0 Å². The van der Waals surface area contributed by atoms with E-state index in [0.29, 0.717) is 15.6 Å². The van der Waals surface area contributed by atoms with Gasteiger partial charge in [0.15, 0.2) is 6.61 Å². The number of fused-ring (bicyclic) bond motifs is 1. The quantitative estimate of drug-likeness (QED) is 0.822. The van der Waals surface area contributed by atoms with E-state index in [1.54, 1.807) is 12.1 Å². The van der Waals surface area contributed by atoms with Gasteiger partial charge in [0.05, 0.1) is 6.61 Å². The summed E-state index contributed by atoms with van der Waals surface area (Å²) in [5.74, 6) is -1.45. The number of thiophene rings is 1. The molecule has 2 aromatic rings. The summed E-state index contributed by atoms with van der Waals surface area (Å²) < 4.78 is 24.8. The van der Waals surface area contributed by atoms with E-state index in [2.05, 4.69) is 5.32 Å². The number of amides is 1. The van der Waals surface area contributed by atoms with Gasteiger partial charge in [0.2, 0.25) is 0 Å². The van der Waals surface area contributed by atoms with Crippen LogP contribution in [-0.4, -0.2) is 31.6 Å². The minimum absolute atomic E-state index is 0.0383. The van der Waals surface area contributed by atoms with Crippen LogP contribution in [0.3, 0.4) is 0 Å². The first kappa shape index (κ1) is 17.4. The molecule has 0 saturated heterocycles. The van der Waals surface area contributed by atoms with Crippen molar-refractivity contribution in [1.82, 2.24) is 5.32 Å². The Labute approximate surface area is 137 Å². The zero-order chi connectivity index (χ0) is 17.0. The summed E-state index contributed by atoms with van der Waals surface area (Å²) in [6.07, 6.45) is 0. The molecule has 0 atom stereocenters. The number of benzene rings is 1. The number of rotatable bonds is 6. The van der Waals surface area contributed by atoms with Gasteiger partial charge in [-0.3, -0.25) is 4.79 Å². The molecule has 0 radical (unpaired) electrons. The molecule has 1 aromatic carbocycles. The summed E-state index contributed by atoms with van der Waals surface area (Å²) in [5, 5.41) is 2.99. The Morgan fingerprint density at radius 3 is 2.74 bits per heavy atom. The van der Waals surface area contributed by atoms with Gasteiger partial charge in [0.1, 0.15) is 10.7 Å². The van der Waals surface area contributed by atoms with Crippen LogP contribution in [0.2, 0.25) is 0 Å². The van der Waals surface area contributed by atoms with Crippen molar-refractivity contribution < 1.29 is 23.5 Å². The first-order valence-corrected chi connectivity index (χ1v) is 7.91. The van der Waals surface area contributed by atoms with Crippen molar-refractivity contribution >= 4 is 33.3 Å². The highest BCUT2D eigenvalue weighted by molar-refractivity contribution is 7.21. The Morgan fingerprint density at radius 1 is 1.35 bits per heavy atom. The van der Waals surface area contributed by atoms with Gasteiger partial charge in [-0.1, -0.05) is 6.07 Å². The van der Waals surface area contributed by atoms with Gasteiger partial charge >= 0.3 is 5.97 Å². The second-order valence-corrected chi connectivity index (χ2v) is 6.31. The molecular formula is C16H18FNO4S. The number of carbonyl (C=O) groups excluding carboxylic acids is 2. The summed E-state index contributed by atoms with van der Waals surface area (Å²) in [5.41, 5.74) is 0.444. The number of halogens is 1. The van der Waals surface area contributed by atoms with Gasteiger partial charge < -0.3 is 14.8 Å². The molecule has 23 heavy (non-hydrogen) atoms. The molecule has 0 fully saturated rings. The SMILES string of the molecule is COCc1c(C(=O)OCC(=O)NC(C)C)sc2cccc(F)c12. The highest BCUT2D eigenvalue weighted by Crippen LogP contribution is 2.34. The largest absolute Gasteiger partial charge is 0.451 e. The van der Waals surface area contributed by atoms with E-state index in [-0.39, 0.29) is 30.0 Å². The lowest BCUT2D eigenvalue weighted by molar-refractivity contribution is -0.124. The van der Waals surface area contributed by atoms with Crippen LogP contribution in [0.1, 0.15) is 29.1 Å². The van der Waals surface area contributed by atoms with Crippen LogP contribution in [-0.2, 0) is 20.9 Å². The maximum atomic E-state index is 14.0. The number of ether oxygens (including phenoxy) is 2. The second kappa shape index (κ2) is 7.52. The molecule has 0 aliphatic heterocycles. The van der Waals surface area contributed by atoms with Crippen LogP contribution in [0.25, 0.3) is 10.1 Å². The fourth-order valence-corrected chi connectivity index (χ4v) is 3.29. The maximum Gasteiger partial charge on any atom is 0.349 e. The Morgan fingerprint density at radius 2 is 2.09 bits per heavy atom. The van der Waals surface area contributed by atoms with E-state index in [1.165, 1.54) is 13.2 Å². The fraction of sp³-hybridized carbons (Fsp3) is 0.375. The highest BCUT2D eigenvalue weighted by atomic mass is 32.1. The van der Waals surface area contributed by atoms with Crippen LogP contribution in [0.5, 0.6) is 0 Å². The summed E-state index contributed by atoms with van der Waals surface area (Å²) in [6, 6.07) is 4.60. The molecule has 0 aliphatic rings. The van der Waals surface area contributed by atoms with Crippen molar-refractivity contribution in [3.63, 3.8) is 0 Å². The molecule has 0 unspecified atom stereocenters. The Kier molecular flexibility index (Phi) is 5.68. The first-order valence-electron chi connectivity index (χ1n) is 7.09. The fourth-order valence-electron chi connectivity index (χ4n) is 2.17. The van der Waals surface area contributed by atoms with Gasteiger partial charge in [-0.2, -0.15) is 0 Å². The van der Waals surface area contributed by atoms with Crippen molar-refractivity contribution in [2.24, 2.45) is 0 Å². The number of nitrogens with one attached hydrogen (secondary N) is 1. The van der Waals surface area contributed by atoms with E-state index < -0.39 is 11.8 Å². The first-order chi connectivity index (χ1) is 10.9. The molecule has 1 aromatic heterocycles. The van der Waals surface area contributed by atoms with Crippen LogP contribution in [0.15, 0.2) is 18.2 Å². The van der Waals surface area contributed by atoms with Gasteiger partial charge in [0, 0.05) is 28.8 Å². The van der Waals surface area contributed by atoms with Crippen LogP contribution in [0.4, 0.5) is 4.39 Å². The van der Waals surface area contributed by atoms with Crippen molar-refractivity contribution in [2.45, 2.75) is 26.5 Å². The molecular weight excluding hydrogens is 321 g/mol. The van der Waals surface area contributed by atoms with Gasteiger partial charge in [-0.15, -0.1) is 11.3 Å². The van der Waals surface area contributed by atoms with Gasteiger partial charge in [-0.25, -0.2) is 9.18 Å². The molecule has 5 nitrogen and oxygen atoms in total. The third-order valence-corrected chi connectivity index (χ3v) is 4.20. The molecule has 0 aliphatic carbocycles. The lowest BCUT2D eigenvalue weighted by Crippen LogP contribution is -2.34. The van der Waals surface area contributed by atoms with Crippen molar-refractivity contribution in [3.8, 4) is 0 Å². The van der Waals surface area contributed by atoms with Gasteiger partial charge in [-0.05, 0) is 26.0 Å². The predicted molar refractivity (Wildman–Crippen MR) is 86.1 cm³/mol. The minimum Gasteiger partial charge on any atom is -0.451 e. The van der Waals surface area contributed by atoms with Crippen LogP contribution >= 0.6 is 11.3 Å². The zero-order valence-corrected chi connectivity index (χ0v) is 14.0. The monoisotopic (exact) mass is 339 g/mol. The summed E-state index contributed by atoms with van der Waals surface area (Å²) in [4.78, 5) is 24.1. The molecule has 2 rings (SSSR count). The highest BCUT2D eigenvalue weighted by Gasteiger charge is 2.22. The van der Waals surface area contributed by atoms with Crippen molar-refractivity contribution in [3.05, 3.63) is 34.5 Å². The third-order valence-electron chi connectivity index (χ3n) is 3.02. The summed E-state index contributed by atoms with van der Waals surface area (Å²) >= 11 is 1.13. The molecule has 1 heterocycles. The van der Waals surface area contributed by atoms with Crippen LogP contribution < -0.4 is 5.32 Å². The van der Waals surface area contributed by atoms with Gasteiger partial charge in [0.25, 0.3) is 5.91 Å². The van der Waals surface area contributed by atoms with Crippen LogP contribution in [0, 0.1) is 5.82 Å². The van der Waals surface area contributed by atoms with E-state index in [4.69, 9.17) is 9.47 Å². The smallest absolute Gasteiger partial charge is 0.349 e. The van der Waals surface area contributed by atoms with Crippen molar-refractivity contribution in [2.75, 3.05) is 13.7 Å². The number of carbonyl (C=O) groups is 2. The minimum atomic E-state index is -0.656. The summed E-state index contributed by atoms with van der Waals surface area (Å²) in [6.45, 7) is 3.33. The molecule has 0 spiro atoms. The molecule has 1 N–H and O–H groups in total. The predicted octanol–water partition coefficient (Wildman–Crippen LogP) is 2.87. The van der Waals surface area contributed by atoms with E-state index in [1.807, 2.05) is 13.8 Å². The summed E-state index contributed by atoms with van der Waals surface area (Å²) in [7, 11) is 1.47. The molecule has 0 bridgehead atoms. The second-order valence-electron chi connectivity index (χ2n) is 5.25. The Bertz CT molecular complexity index is 726. The lowest BCUT2D eigenvalue weighted by atomic mass is 10.1. The van der Waals surface area contributed by atoms with Crippen molar-refractivity contribution in [1.29, 1.82) is 0 Å². The maximum absolute atomic E-state index is 14.0. The number of hydrogen-bond acceptors (Lipinski definition) is 5. The Balaban J connectivity index is 2.24. The average Bonchev–Trinajstić information content (AvgIpc) is 2.85. The number of hydrogen-bond donors (Lipinski definition) is 1. The topological polar surface area (TPSA) is 64.6 Å². The number of esters is 1. The molecule has 0 saturated carbocycles.